The van der Waals surface area contributed by atoms with Crippen LogP contribution in [0, 0.1) is 0 Å². The minimum Gasteiger partial charge on any atom is -0.480 e. The van der Waals surface area contributed by atoms with E-state index in [-0.39, 0.29) is 18.2 Å². The van der Waals surface area contributed by atoms with Crippen molar-refractivity contribution in [3.05, 3.63) is 75.7 Å². The van der Waals surface area contributed by atoms with Crippen molar-refractivity contribution >= 4 is 29.3 Å². The van der Waals surface area contributed by atoms with Gasteiger partial charge in [-0.15, -0.1) is 11.3 Å². The number of benzene rings is 2. The van der Waals surface area contributed by atoms with E-state index in [0.717, 1.165) is 22.3 Å². The molecule has 0 aliphatic heterocycles. The predicted octanol–water partition coefficient (Wildman–Crippen LogP) is 3.95. The Morgan fingerprint density at radius 3 is 2.24 bits per heavy atom. The Labute approximate surface area is 194 Å². The first-order valence-corrected chi connectivity index (χ1v) is 11.3. The number of aromatic nitrogens is 1. The van der Waals surface area contributed by atoms with Crippen molar-refractivity contribution in [2.45, 2.75) is 31.8 Å². The van der Waals surface area contributed by atoms with Gasteiger partial charge in [0.1, 0.15) is 23.4 Å². The van der Waals surface area contributed by atoms with Gasteiger partial charge in [0, 0.05) is 11.3 Å². The number of ether oxygens (including phenoxy) is 1. The minimum atomic E-state index is -1.14. The van der Waals surface area contributed by atoms with Gasteiger partial charge in [-0.2, -0.15) is 0 Å². The van der Waals surface area contributed by atoms with Crippen molar-refractivity contribution in [2.24, 2.45) is 0 Å². The van der Waals surface area contributed by atoms with Gasteiger partial charge in [0.25, 0.3) is 5.91 Å². The summed E-state index contributed by atoms with van der Waals surface area (Å²) in [7, 11) is 0. The SMILES string of the molecule is CC(NC(=O)OCC1c2ccccc2-c2ccccc21)c1nc(C(=O)N[C@@H](C)C(=O)O)cs1. The number of carbonyl (C=O) groups excluding carboxylic acids is 2. The van der Waals surface area contributed by atoms with E-state index in [1.807, 2.05) is 24.3 Å². The molecule has 0 saturated heterocycles. The molecule has 1 aliphatic carbocycles. The quantitative estimate of drug-likeness (QED) is 0.486. The van der Waals surface area contributed by atoms with E-state index in [1.165, 1.54) is 23.6 Å². The smallest absolute Gasteiger partial charge is 0.407 e. The summed E-state index contributed by atoms with van der Waals surface area (Å²) in [5.41, 5.74) is 4.67. The first-order chi connectivity index (χ1) is 15.8. The molecule has 1 heterocycles. The lowest BCUT2D eigenvalue weighted by Gasteiger charge is -2.16. The number of alkyl carbamates (subject to hydrolysis) is 1. The maximum atomic E-state index is 12.5. The molecule has 2 atom stereocenters. The number of thiazole rings is 1. The van der Waals surface area contributed by atoms with Crippen molar-refractivity contribution in [3.8, 4) is 11.1 Å². The van der Waals surface area contributed by atoms with Crippen LogP contribution in [-0.2, 0) is 9.53 Å². The highest BCUT2D eigenvalue weighted by Crippen LogP contribution is 2.44. The third kappa shape index (κ3) is 4.73. The fourth-order valence-electron chi connectivity index (χ4n) is 3.80. The highest BCUT2D eigenvalue weighted by atomic mass is 32.1. The average molecular weight is 466 g/mol. The standard InChI is InChI=1S/C24H23N3O5S/c1-13(22-27-20(12-33-22)21(28)25-14(2)23(29)30)26-24(31)32-11-19-17-9-5-3-7-15(17)16-8-4-6-10-18(16)19/h3-10,12-14,19H,11H2,1-2H3,(H,25,28)(H,26,31)(H,29,30)/t13?,14-/m0/s1. The maximum absolute atomic E-state index is 12.5. The largest absolute Gasteiger partial charge is 0.480 e. The van der Waals surface area contributed by atoms with Gasteiger partial charge in [0.2, 0.25) is 0 Å². The number of hydrogen-bond donors (Lipinski definition) is 3. The monoisotopic (exact) mass is 465 g/mol. The third-order valence-corrected chi connectivity index (χ3v) is 6.55. The Morgan fingerprint density at radius 2 is 1.64 bits per heavy atom. The van der Waals surface area contributed by atoms with Crippen LogP contribution in [0.3, 0.4) is 0 Å². The van der Waals surface area contributed by atoms with Gasteiger partial charge >= 0.3 is 12.1 Å². The van der Waals surface area contributed by atoms with Crippen molar-refractivity contribution in [1.29, 1.82) is 0 Å². The fraction of sp³-hybridized carbons (Fsp3) is 0.250. The molecule has 1 aromatic heterocycles. The molecule has 8 nitrogen and oxygen atoms in total. The lowest BCUT2D eigenvalue weighted by molar-refractivity contribution is -0.138. The van der Waals surface area contributed by atoms with Crippen LogP contribution in [0.15, 0.2) is 53.9 Å². The molecule has 1 unspecified atom stereocenters. The fourth-order valence-corrected chi connectivity index (χ4v) is 4.61. The minimum absolute atomic E-state index is 0.0372. The molecule has 0 spiro atoms. The number of fused-ring (bicyclic) bond motifs is 3. The zero-order valence-corrected chi connectivity index (χ0v) is 18.9. The Bertz CT molecular complexity index is 1160. The van der Waals surface area contributed by atoms with Crippen LogP contribution in [-0.4, -0.2) is 40.7 Å². The molecule has 0 saturated carbocycles. The molecule has 0 radical (unpaired) electrons. The van der Waals surface area contributed by atoms with Crippen molar-refractivity contribution in [3.63, 3.8) is 0 Å². The molecule has 1 aliphatic rings. The molecule has 0 bridgehead atoms. The summed E-state index contributed by atoms with van der Waals surface area (Å²) in [6, 6.07) is 14.7. The van der Waals surface area contributed by atoms with Gasteiger partial charge in [-0.1, -0.05) is 48.5 Å². The molecular weight excluding hydrogens is 442 g/mol. The van der Waals surface area contributed by atoms with Crippen molar-refractivity contribution < 1.29 is 24.2 Å². The lowest BCUT2D eigenvalue weighted by atomic mass is 9.98. The van der Waals surface area contributed by atoms with E-state index in [4.69, 9.17) is 9.84 Å². The molecule has 3 aromatic rings. The van der Waals surface area contributed by atoms with Gasteiger partial charge < -0.3 is 20.5 Å². The molecule has 0 fully saturated rings. The number of hydrogen-bond acceptors (Lipinski definition) is 6. The second kappa shape index (κ2) is 9.41. The summed E-state index contributed by atoms with van der Waals surface area (Å²) in [5, 5.41) is 16.0. The van der Waals surface area contributed by atoms with Gasteiger partial charge in [0.05, 0.1) is 6.04 Å². The van der Waals surface area contributed by atoms with E-state index in [9.17, 15) is 14.4 Å². The van der Waals surface area contributed by atoms with Crippen LogP contribution >= 0.6 is 11.3 Å². The molecule has 170 valence electrons. The summed E-state index contributed by atoms with van der Waals surface area (Å²) in [4.78, 5) is 39.7. The summed E-state index contributed by atoms with van der Waals surface area (Å²) in [5.74, 6) is -1.75. The van der Waals surface area contributed by atoms with Crippen LogP contribution in [0.2, 0.25) is 0 Å². The second-order valence-corrected chi connectivity index (χ2v) is 8.69. The van der Waals surface area contributed by atoms with Crippen LogP contribution < -0.4 is 10.6 Å². The van der Waals surface area contributed by atoms with Crippen LogP contribution in [0.4, 0.5) is 4.79 Å². The molecule has 2 amide bonds. The predicted molar refractivity (Wildman–Crippen MR) is 123 cm³/mol. The Balaban J connectivity index is 1.36. The first kappa shape index (κ1) is 22.5. The Hall–Kier alpha value is -3.72. The number of carboxylic acids is 1. The Kier molecular flexibility index (Phi) is 6.41. The van der Waals surface area contributed by atoms with Gasteiger partial charge in [0.15, 0.2) is 0 Å². The summed E-state index contributed by atoms with van der Waals surface area (Å²) in [6.45, 7) is 3.31. The zero-order chi connectivity index (χ0) is 23.5. The molecule has 9 heteroatoms. The van der Waals surface area contributed by atoms with E-state index < -0.39 is 30.1 Å². The highest BCUT2D eigenvalue weighted by molar-refractivity contribution is 7.09. The molecule has 33 heavy (non-hydrogen) atoms. The first-order valence-electron chi connectivity index (χ1n) is 10.5. The van der Waals surface area contributed by atoms with Gasteiger partial charge in [-0.25, -0.2) is 9.78 Å². The maximum Gasteiger partial charge on any atom is 0.407 e. The number of rotatable bonds is 7. The number of nitrogens with zero attached hydrogens (tertiary/aromatic N) is 1. The van der Waals surface area contributed by atoms with E-state index in [1.54, 1.807) is 6.92 Å². The number of nitrogens with one attached hydrogen (secondary N) is 2. The molecule has 3 N–H and O–H groups in total. The molecule has 4 rings (SSSR count). The van der Waals surface area contributed by atoms with Crippen LogP contribution in [0.25, 0.3) is 11.1 Å². The lowest BCUT2D eigenvalue weighted by Crippen LogP contribution is -2.38. The summed E-state index contributed by atoms with van der Waals surface area (Å²) >= 11 is 1.20. The summed E-state index contributed by atoms with van der Waals surface area (Å²) < 4.78 is 5.55. The second-order valence-electron chi connectivity index (χ2n) is 7.80. The van der Waals surface area contributed by atoms with E-state index >= 15 is 0 Å². The number of carbonyl (C=O) groups is 3. The van der Waals surface area contributed by atoms with E-state index in [2.05, 4.69) is 39.9 Å². The highest BCUT2D eigenvalue weighted by Gasteiger charge is 2.29. The zero-order valence-electron chi connectivity index (χ0n) is 18.1. The number of amides is 2. The molecule has 2 aromatic carbocycles. The van der Waals surface area contributed by atoms with Crippen LogP contribution in [0.1, 0.15) is 52.4 Å². The third-order valence-electron chi connectivity index (χ3n) is 5.52. The van der Waals surface area contributed by atoms with Crippen LogP contribution in [0.5, 0.6) is 0 Å². The van der Waals surface area contributed by atoms with Gasteiger partial charge in [-0.3, -0.25) is 9.59 Å². The number of aliphatic carboxylic acids is 1. The van der Waals surface area contributed by atoms with Crippen molar-refractivity contribution in [1.82, 2.24) is 15.6 Å². The summed E-state index contributed by atoms with van der Waals surface area (Å²) in [6.07, 6.45) is -0.579. The normalized spacial score (nSPS) is 14.0. The Morgan fingerprint density at radius 1 is 1.03 bits per heavy atom. The average Bonchev–Trinajstić information content (AvgIpc) is 3.41. The number of carboxylic acid groups (broad SMARTS) is 1. The van der Waals surface area contributed by atoms with E-state index in [0.29, 0.717) is 5.01 Å². The topological polar surface area (TPSA) is 118 Å². The van der Waals surface area contributed by atoms with Gasteiger partial charge in [-0.05, 0) is 36.1 Å². The van der Waals surface area contributed by atoms with Crippen molar-refractivity contribution in [2.75, 3.05) is 6.61 Å². The molecular formula is C24H23N3O5S.